The second-order valence-corrected chi connectivity index (χ2v) is 6.43. The Morgan fingerprint density at radius 3 is 2.85 bits per heavy atom. The number of hydrogen-bond acceptors (Lipinski definition) is 1. The van der Waals surface area contributed by atoms with Gasteiger partial charge in [0.25, 0.3) is 0 Å². The third-order valence-corrected chi connectivity index (χ3v) is 4.73. The molecule has 1 aliphatic carbocycles. The molecular weight excluding hydrogens is 268 g/mol. The van der Waals surface area contributed by atoms with E-state index in [0.717, 1.165) is 30.2 Å². The number of nitrogens with zero attached hydrogens (tertiary/aromatic N) is 2. The molecule has 3 heteroatoms. The molecule has 0 radical (unpaired) electrons. The van der Waals surface area contributed by atoms with E-state index in [2.05, 4.69) is 29.7 Å². The highest BCUT2D eigenvalue weighted by atomic mass is 35.5. The fraction of sp³-hybridized carbons (Fsp3) is 0.588. The van der Waals surface area contributed by atoms with Gasteiger partial charge in [-0.25, -0.2) is 4.98 Å². The Kier molecular flexibility index (Phi) is 4.30. The van der Waals surface area contributed by atoms with E-state index in [0.29, 0.717) is 5.88 Å². The molecule has 20 heavy (non-hydrogen) atoms. The number of aromatic nitrogens is 2. The smallest absolute Gasteiger partial charge is 0.111 e. The molecule has 0 atom stereocenters. The van der Waals surface area contributed by atoms with Crippen molar-refractivity contribution < 1.29 is 0 Å². The Bertz CT molecular complexity index is 582. The predicted octanol–water partition coefficient (Wildman–Crippen LogP) is 4.71. The number of aryl methyl sites for hydroxylation is 3. The van der Waals surface area contributed by atoms with Gasteiger partial charge < -0.3 is 4.57 Å². The molecule has 1 heterocycles. The van der Waals surface area contributed by atoms with Gasteiger partial charge in [0.15, 0.2) is 0 Å². The van der Waals surface area contributed by atoms with E-state index in [4.69, 9.17) is 16.6 Å². The number of imidazole rings is 1. The van der Waals surface area contributed by atoms with E-state index in [9.17, 15) is 0 Å². The van der Waals surface area contributed by atoms with Crippen molar-refractivity contribution in [3.05, 3.63) is 29.6 Å². The highest BCUT2D eigenvalue weighted by molar-refractivity contribution is 6.17. The Morgan fingerprint density at radius 1 is 1.30 bits per heavy atom. The minimum atomic E-state index is 0.645. The second-order valence-electron chi connectivity index (χ2n) is 6.05. The summed E-state index contributed by atoms with van der Waals surface area (Å²) in [6.45, 7) is 3.22. The lowest BCUT2D eigenvalue weighted by atomic mass is 10.0. The van der Waals surface area contributed by atoms with Crippen molar-refractivity contribution in [1.82, 2.24) is 9.55 Å². The average molecular weight is 291 g/mol. The third-order valence-electron chi connectivity index (χ3n) is 4.54. The summed E-state index contributed by atoms with van der Waals surface area (Å²) in [5.41, 5.74) is 3.67. The van der Waals surface area contributed by atoms with Crippen LogP contribution >= 0.6 is 11.6 Å². The maximum absolute atomic E-state index is 5.94. The second kappa shape index (κ2) is 6.17. The lowest BCUT2D eigenvalue weighted by Gasteiger charge is -2.12. The predicted molar refractivity (Wildman–Crippen MR) is 85.5 cm³/mol. The fourth-order valence-corrected chi connectivity index (χ4v) is 3.59. The van der Waals surface area contributed by atoms with Crippen LogP contribution in [-0.2, 0) is 13.0 Å². The molecule has 1 aliphatic rings. The normalized spacial score (nSPS) is 16.3. The standard InChI is InChI=1S/C17H23ClN2/c1-13-6-7-16-15(12-13)19-17(8-10-18)20(16)11-9-14-4-2-3-5-14/h6-7,12,14H,2-5,8-11H2,1H3. The van der Waals surface area contributed by atoms with Gasteiger partial charge in [-0.2, -0.15) is 0 Å². The monoisotopic (exact) mass is 290 g/mol. The average Bonchev–Trinajstić information content (AvgIpc) is 3.04. The lowest BCUT2D eigenvalue weighted by Crippen LogP contribution is -2.08. The van der Waals surface area contributed by atoms with E-state index in [1.165, 1.54) is 43.2 Å². The van der Waals surface area contributed by atoms with Crippen molar-refractivity contribution in [2.24, 2.45) is 5.92 Å². The van der Waals surface area contributed by atoms with Crippen LogP contribution in [0.1, 0.15) is 43.5 Å². The van der Waals surface area contributed by atoms with Crippen LogP contribution in [0.4, 0.5) is 0 Å². The van der Waals surface area contributed by atoms with Crippen molar-refractivity contribution in [1.29, 1.82) is 0 Å². The Hall–Kier alpha value is -1.02. The molecule has 2 aromatic rings. The highest BCUT2D eigenvalue weighted by Gasteiger charge is 2.17. The minimum Gasteiger partial charge on any atom is -0.328 e. The first-order chi connectivity index (χ1) is 9.78. The molecule has 0 bridgehead atoms. The largest absolute Gasteiger partial charge is 0.328 e. The SMILES string of the molecule is Cc1ccc2c(c1)nc(CCCl)n2CCC1CCCC1. The van der Waals surface area contributed by atoms with Gasteiger partial charge in [0.1, 0.15) is 5.82 Å². The molecule has 0 unspecified atom stereocenters. The van der Waals surface area contributed by atoms with Crippen LogP contribution in [0.25, 0.3) is 11.0 Å². The molecular formula is C17H23ClN2. The summed E-state index contributed by atoms with van der Waals surface area (Å²) >= 11 is 5.94. The van der Waals surface area contributed by atoms with Crippen molar-refractivity contribution in [3.63, 3.8) is 0 Å². The summed E-state index contributed by atoms with van der Waals surface area (Å²) in [5.74, 6) is 2.71. The van der Waals surface area contributed by atoms with Gasteiger partial charge in [-0.3, -0.25) is 0 Å². The van der Waals surface area contributed by atoms with Crippen LogP contribution in [0.5, 0.6) is 0 Å². The van der Waals surface area contributed by atoms with Gasteiger partial charge in [-0.15, -0.1) is 11.6 Å². The molecule has 1 aromatic heterocycles. The van der Waals surface area contributed by atoms with Crippen molar-refractivity contribution in [2.45, 2.75) is 52.0 Å². The minimum absolute atomic E-state index is 0.645. The van der Waals surface area contributed by atoms with Gasteiger partial charge >= 0.3 is 0 Å². The van der Waals surface area contributed by atoms with Gasteiger partial charge in [0.2, 0.25) is 0 Å². The van der Waals surface area contributed by atoms with Crippen LogP contribution in [0.15, 0.2) is 18.2 Å². The molecule has 0 saturated heterocycles. The molecule has 1 saturated carbocycles. The molecule has 108 valence electrons. The number of hydrogen-bond donors (Lipinski definition) is 0. The van der Waals surface area contributed by atoms with E-state index in [1.54, 1.807) is 0 Å². The van der Waals surface area contributed by atoms with Crippen LogP contribution < -0.4 is 0 Å². The number of rotatable bonds is 5. The van der Waals surface area contributed by atoms with E-state index in [-0.39, 0.29) is 0 Å². The number of halogens is 1. The summed E-state index contributed by atoms with van der Waals surface area (Å²) in [6.07, 6.45) is 7.81. The lowest BCUT2D eigenvalue weighted by molar-refractivity contribution is 0.457. The number of alkyl halides is 1. The van der Waals surface area contributed by atoms with Crippen molar-refractivity contribution >= 4 is 22.6 Å². The zero-order valence-corrected chi connectivity index (χ0v) is 13.0. The van der Waals surface area contributed by atoms with Gasteiger partial charge in [0, 0.05) is 18.8 Å². The molecule has 0 amide bonds. The summed E-state index contributed by atoms with van der Waals surface area (Å²) in [6, 6.07) is 6.57. The van der Waals surface area contributed by atoms with Crippen LogP contribution in [0.3, 0.4) is 0 Å². The zero-order chi connectivity index (χ0) is 13.9. The number of benzene rings is 1. The molecule has 1 fully saturated rings. The Morgan fingerprint density at radius 2 is 2.10 bits per heavy atom. The molecule has 0 spiro atoms. The third kappa shape index (κ3) is 2.85. The zero-order valence-electron chi connectivity index (χ0n) is 12.2. The molecule has 2 nitrogen and oxygen atoms in total. The topological polar surface area (TPSA) is 17.8 Å². The van der Waals surface area contributed by atoms with Crippen LogP contribution in [0, 0.1) is 12.8 Å². The first-order valence-electron chi connectivity index (χ1n) is 7.79. The maximum atomic E-state index is 5.94. The summed E-state index contributed by atoms with van der Waals surface area (Å²) < 4.78 is 2.40. The van der Waals surface area contributed by atoms with Crippen LogP contribution in [0.2, 0.25) is 0 Å². The first-order valence-corrected chi connectivity index (χ1v) is 8.33. The van der Waals surface area contributed by atoms with Gasteiger partial charge in [-0.05, 0) is 37.0 Å². The summed E-state index contributed by atoms with van der Waals surface area (Å²) in [4.78, 5) is 4.79. The molecule has 3 rings (SSSR count). The highest BCUT2D eigenvalue weighted by Crippen LogP contribution is 2.29. The van der Waals surface area contributed by atoms with E-state index in [1.807, 2.05) is 0 Å². The number of fused-ring (bicyclic) bond motifs is 1. The quantitative estimate of drug-likeness (QED) is 0.730. The maximum Gasteiger partial charge on any atom is 0.111 e. The van der Waals surface area contributed by atoms with Gasteiger partial charge in [-0.1, -0.05) is 31.7 Å². The van der Waals surface area contributed by atoms with E-state index < -0.39 is 0 Å². The van der Waals surface area contributed by atoms with Crippen molar-refractivity contribution in [3.8, 4) is 0 Å². The Balaban J connectivity index is 1.87. The summed E-state index contributed by atoms with van der Waals surface area (Å²) in [5, 5.41) is 0. The van der Waals surface area contributed by atoms with E-state index >= 15 is 0 Å². The molecule has 0 N–H and O–H groups in total. The Labute approximate surface area is 126 Å². The molecule has 1 aromatic carbocycles. The van der Waals surface area contributed by atoms with Crippen LogP contribution in [-0.4, -0.2) is 15.4 Å². The van der Waals surface area contributed by atoms with Gasteiger partial charge in [0.05, 0.1) is 11.0 Å². The molecule has 0 aliphatic heterocycles. The van der Waals surface area contributed by atoms with Crippen molar-refractivity contribution in [2.75, 3.05) is 5.88 Å². The first kappa shape index (κ1) is 13.9. The summed E-state index contributed by atoms with van der Waals surface area (Å²) in [7, 11) is 0. The fourth-order valence-electron chi connectivity index (χ4n) is 3.43.